The van der Waals surface area contributed by atoms with Gasteiger partial charge in [-0.05, 0) is 24.3 Å². The Hall–Kier alpha value is -1.45. The SMILES string of the molecule is FC(F)(F)Cc1ccc2ccccn12. The first-order valence-corrected chi connectivity index (χ1v) is 4.18. The van der Waals surface area contributed by atoms with Crippen LogP contribution in [0.2, 0.25) is 0 Å². The maximum Gasteiger partial charge on any atom is 0.394 e. The molecule has 2 rings (SSSR count). The molecular formula is C10H8F3N. The first-order valence-electron chi connectivity index (χ1n) is 4.18. The molecule has 0 radical (unpaired) electrons. The molecule has 0 spiro atoms. The third-order valence-corrected chi connectivity index (χ3v) is 2.03. The number of aromatic nitrogens is 1. The van der Waals surface area contributed by atoms with Gasteiger partial charge < -0.3 is 4.40 Å². The Kier molecular flexibility index (Phi) is 1.98. The number of pyridine rings is 1. The smallest absolute Gasteiger partial charge is 0.321 e. The summed E-state index contributed by atoms with van der Waals surface area (Å²) < 4.78 is 37.9. The van der Waals surface area contributed by atoms with Crippen LogP contribution in [0.4, 0.5) is 13.2 Å². The van der Waals surface area contributed by atoms with Crippen molar-refractivity contribution in [1.82, 2.24) is 4.40 Å². The minimum absolute atomic E-state index is 0.271. The number of halogens is 3. The highest BCUT2D eigenvalue weighted by atomic mass is 19.4. The van der Waals surface area contributed by atoms with E-state index in [1.165, 1.54) is 6.07 Å². The summed E-state index contributed by atoms with van der Waals surface area (Å²) in [4.78, 5) is 0. The minimum atomic E-state index is -4.15. The molecule has 0 N–H and O–H groups in total. The molecule has 2 aromatic rings. The van der Waals surface area contributed by atoms with Crippen molar-refractivity contribution in [3.63, 3.8) is 0 Å². The summed E-state index contributed by atoms with van der Waals surface area (Å²) in [6.45, 7) is 0. The zero-order valence-corrected chi connectivity index (χ0v) is 7.25. The fourth-order valence-electron chi connectivity index (χ4n) is 1.47. The molecule has 2 heterocycles. The van der Waals surface area contributed by atoms with Crippen molar-refractivity contribution in [2.24, 2.45) is 0 Å². The molecular weight excluding hydrogens is 191 g/mol. The van der Waals surface area contributed by atoms with Crippen molar-refractivity contribution in [2.75, 3.05) is 0 Å². The summed E-state index contributed by atoms with van der Waals surface area (Å²) in [5, 5.41) is 0. The largest absolute Gasteiger partial charge is 0.394 e. The van der Waals surface area contributed by atoms with Crippen LogP contribution < -0.4 is 0 Å². The maximum atomic E-state index is 12.1. The Bertz CT molecular complexity index is 442. The molecule has 4 heteroatoms. The summed E-state index contributed by atoms with van der Waals surface area (Å²) >= 11 is 0. The zero-order valence-electron chi connectivity index (χ0n) is 7.25. The van der Waals surface area contributed by atoms with Crippen molar-refractivity contribution in [1.29, 1.82) is 0 Å². The van der Waals surface area contributed by atoms with Gasteiger partial charge in [0.1, 0.15) is 0 Å². The van der Waals surface area contributed by atoms with Crippen LogP contribution in [0.3, 0.4) is 0 Å². The molecule has 0 saturated carbocycles. The van der Waals surface area contributed by atoms with Gasteiger partial charge in [-0.25, -0.2) is 0 Å². The van der Waals surface area contributed by atoms with Gasteiger partial charge in [-0.1, -0.05) is 6.07 Å². The number of hydrogen-bond donors (Lipinski definition) is 0. The van der Waals surface area contributed by atoms with E-state index in [0.29, 0.717) is 0 Å². The average molecular weight is 199 g/mol. The first kappa shape index (κ1) is 9.12. The van der Waals surface area contributed by atoms with Gasteiger partial charge in [0, 0.05) is 17.4 Å². The Morgan fingerprint density at radius 1 is 1.07 bits per heavy atom. The van der Waals surface area contributed by atoms with Crippen molar-refractivity contribution < 1.29 is 13.2 Å². The number of rotatable bonds is 1. The summed E-state index contributed by atoms with van der Waals surface area (Å²) in [7, 11) is 0. The predicted molar refractivity (Wildman–Crippen MR) is 47.2 cm³/mol. The molecule has 0 aliphatic rings. The Morgan fingerprint density at radius 2 is 1.86 bits per heavy atom. The second-order valence-electron chi connectivity index (χ2n) is 3.11. The van der Waals surface area contributed by atoms with E-state index in [-0.39, 0.29) is 5.69 Å². The Labute approximate surface area is 78.8 Å². The first-order chi connectivity index (χ1) is 6.56. The normalized spacial score (nSPS) is 12.2. The zero-order chi connectivity index (χ0) is 10.2. The summed E-state index contributed by atoms with van der Waals surface area (Å²) in [5.41, 5.74) is 1.06. The third-order valence-electron chi connectivity index (χ3n) is 2.03. The topological polar surface area (TPSA) is 4.41 Å². The van der Waals surface area contributed by atoms with Gasteiger partial charge in [-0.15, -0.1) is 0 Å². The van der Waals surface area contributed by atoms with E-state index in [1.807, 2.05) is 0 Å². The molecule has 0 aliphatic carbocycles. The predicted octanol–water partition coefficient (Wildman–Crippen LogP) is 3.04. The van der Waals surface area contributed by atoms with E-state index in [0.717, 1.165) is 5.52 Å². The summed E-state index contributed by atoms with van der Waals surface area (Å²) in [6.07, 6.45) is -3.40. The molecule has 0 bridgehead atoms. The minimum Gasteiger partial charge on any atom is -0.321 e. The van der Waals surface area contributed by atoms with Crippen LogP contribution in [-0.4, -0.2) is 10.6 Å². The van der Waals surface area contributed by atoms with Gasteiger partial charge in [0.15, 0.2) is 0 Å². The quantitative estimate of drug-likeness (QED) is 0.664. The van der Waals surface area contributed by atoms with E-state index in [1.54, 1.807) is 34.9 Å². The second-order valence-corrected chi connectivity index (χ2v) is 3.11. The van der Waals surface area contributed by atoms with Gasteiger partial charge in [-0.3, -0.25) is 0 Å². The van der Waals surface area contributed by atoms with E-state index in [4.69, 9.17) is 0 Å². The molecule has 2 aromatic heterocycles. The molecule has 0 unspecified atom stereocenters. The third kappa shape index (κ3) is 1.73. The highest BCUT2D eigenvalue weighted by Crippen LogP contribution is 2.22. The molecule has 0 saturated heterocycles. The van der Waals surface area contributed by atoms with Crippen molar-refractivity contribution in [3.8, 4) is 0 Å². The maximum absolute atomic E-state index is 12.1. The van der Waals surface area contributed by atoms with Crippen LogP contribution >= 0.6 is 0 Å². The van der Waals surface area contributed by atoms with Crippen LogP contribution in [0, 0.1) is 0 Å². The summed E-state index contributed by atoms with van der Waals surface area (Å²) in [6, 6.07) is 8.48. The molecule has 0 amide bonds. The molecule has 0 aromatic carbocycles. The number of alkyl halides is 3. The van der Waals surface area contributed by atoms with E-state index >= 15 is 0 Å². The van der Waals surface area contributed by atoms with Crippen molar-refractivity contribution >= 4 is 5.52 Å². The highest BCUT2D eigenvalue weighted by molar-refractivity contribution is 5.49. The van der Waals surface area contributed by atoms with Gasteiger partial charge in [0.2, 0.25) is 0 Å². The summed E-state index contributed by atoms with van der Waals surface area (Å²) in [5.74, 6) is 0. The lowest BCUT2D eigenvalue weighted by Crippen LogP contribution is -2.12. The van der Waals surface area contributed by atoms with Crippen LogP contribution in [-0.2, 0) is 6.42 Å². The molecule has 1 nitrogen and oxygen atoms in total. The standard InChI is InChI=1S/C10H8F3N/c11-10(12,13)7-9-5-4-8-3-1-2-6-14(8)9/h1-6H,7H2. The van der Waals surface area contributed by atoms with Crippen LogP contribution in [0.5, 0.6) is 0 Å². The van der Waals surface area contributed by atoms with Gasteiger partial charge in [0.25, 0.3) is 0 Å². The second kappa shape index (κ2) is 3.04. The van der Waals surface area contributed by atoms with Crippen LogP contribution in [0.25, 0.3) is 5.52 Å². The lowest BCUT2D eigenvalue weighted by atomic mass is 10.3. The van der Waals surface area contributed by atoms with Gasteiger partial charge in [-0.2, -0.15) is 13.2 Å². The lowest BCUT2D eigenvalue weighted by Gasteiger charge is -2.06. The monoisotopic (exact) mass is 199 g/mol. The fourth-order valence-corrected chi connectivity index (χ4v) is 1.47. The Balaban J connectivity index is 2.44. The molecule has 0 fully saturated rings. The lowest BCUT2D eigenvalue weighted by molar-refractivity contribution is -0.127. The van der Waals surface area contributed by atoms with Crippen LogP contribution in [0.1, 0.15) is 5.69 Å². The fraction of sp³-hybridized carbons (Fsp3) is 0.200. The van der Waals surface area contributed by atoms with E-state index < -0.39 is 12.6 Å². The Morgan fingerprint density at radius 3 is 2.57 bits per heavy atom. The van der Waals surface area contributed by atoms with E-state index in [2.05, 4.69) is 0 Å². The number of fused-ring (bicyclic) bond motifs is 1. The van der Waals surface area contributed by atoms with Crippen molar-refractivity contribution in [3.05, 3.63) is 42.2 Å². The average Bonchev–Trinajstić information content (AvgIpc) is 2.47. The molecule has 0 aliphatic heterocycles. The number of hydrogen-bond acceptors (Lipinski definition) is 0. The highest BCUT2D eigenvalue weighted by Gasteiger charge is 2.28. The van der Waals surface area contributed by atoms with Gasteiger partial charge in [0.05, 0.1) is 6.42 Å². The van der Waals surface area contributed by atoms with Crippen molar-refractivity contribution in [2.45, 2.75) is 12.6 Å². The number of nitrogens with zero attached hydrogens (tertiary/aromatic N) is 1. The molecule has 0 atom stereocenters. The molecule has 74 valence electrons. The van der Waals surface area contributed by atoms with E-state index in [9.17, 15) is 13.2 Å². The van der Waals surface area contributed by atoms with Crippen LogP contribution in [0.15, 0.2) is 36.5 Å². The molecule has 14 heavy (non-hydrogen) atoms. The van der Waals surface area contributed by atoms with Gasteiger partial charge >= 0.3 is 6.18 Å².